The lowest BCUT2D eigenvalue weighted by Crippen LogP contribution is -2.38. The molecule has 0 aromatic heterocycles. The van der Waals surface area contributed by atoms with Gasteiger partial charge in [0.2, 0.25) is 0 Å². The van der Waals surface area contributed by atoms with Gasteiger partial charge < -0.3 is 5.11 Å². The fourth-order valence-electron chi connectivity index (χ4n) is 3.18. The van der Waals surface area contributed by atoms with Crippen molar-refractivity contribution in [2.75, 3.05) is 5.75 Å². The molecule has 1 N–H and O–H groups in total. The predicted molar refractivity (Wildman–Crippen MR) is 88.3 cm³/mol. The highest BCUT2D eigenvalue weighted by atomic mass is 32.2. The van der Waals surface area contributed by atoms with Crippen LogP contribution in [-0.4, -0.2) is 22.1 Å². The molecule has 1 aliphatic rings. The largest absolute Gasteiger partial charge is 0.481 e. The first-order valence-corrected chi connectivity index (χ1v) is 9.31. The molecule has 0 spiro atoms. The first kappa shape index (κ1) is 17.9. The van der Waals surface area contributed by atoms with Crippen LogP contribution in [-0.2, 0) is 4.79 Å². The first-order chi connectivity index (χ1) is 9.42. The Kier molecular flexibility index (Phi) is 7.42. The van der Waals surface area contributed by atoms with Crippen LogP contribution in [0, 0.1) is 17.3 Å². The smallest absolute Gasteiger partial charge is 0.307 e. The number of hydrogen-bond acceptors (Lipinski definition) is 2. The molecule has 3 atom stereocenters. The van der Waals surface area contributed by atoms with E-state index in [0.29, 0.717) is 16.6 Å². The van der Waals surface area contributed by atoms with Crippen molar-refractivity contribution in [3.05, 3.63) is 0 Å². The third-order valence-electron chi connectivity index (χ3n) is 5.21. The number of carboxylic acids is 1. The standard InChI is InChI=1S/C17H32O2S/c1-5-7-8-11-20-15-12-13(17(3,4)6-2)9-10-14(15)16(18)19/h13-15H,5-12H2,1-4H3,(H,18,19). The molecule has 0 amide bonds. The van der Waals surface area contributed by atoms with Gasteiger partial charge in [0.1, 0.15) is 0 Å². The summed E-state index contributed by atoms with van der Waals surface area (Å²) < 4.78 is 0. The van der Waals surface area contributed by atoms with Crippen LogP contribution in [0.3, 0.4) is 0 Å². The number of aliphatic carboxylic acids is 1. The Balaban J connectivity index is 2.60. The van der Waals surface area contributed by atoms with E-state index in [1.165, 1.54) is 25.7 Å². The Morgan fingerprint density at radius 1 is 1.25 bits per heavy atom. The maximum absolute atomic E-state index is 11.5. The minimum Gasteiger partial charge on any atom is -0.481 e. The van der Waals surface area contributed by atoms with E-state index in [1.807, 2.05) is 11.8 Å². The van der Waals surface area contributed by atoms with E-state index >= 15 is 0 Å². The molecule has 0 aliphatic heterocycles. The Morgan fingerprint density at radius 3 is 2.50 bits per heavy atom. The number of unbranched alkanes of at least 4 members (excludes halogenated alkanes) is 2. The summed E-state index contributed by atoms with van der Waals surface area (Å²) in [6.07, 6.45) is 7.96. The first-order valence-electron chi connectivity index (χ1n) is 8.26. The molecule has 20 heavy (non-hydrogen) atoms. The third kappa shape index (κ3) is 4.98. The molecule has 3 unspecified atom stereocenters. The number of thioether (sulfide) groups is 1. The highest BCUT2D eigenvalue weighted by molar-refractivity contribution is 7.99. The summed E-state index contributed by atoms with van der Waals surface area (Å²) in [6, 6.07) is 0. The van der Waals surface area contributed by atoms with Crippen LogP contribution in [0.4, 0.5) is 0 Å². The van der Waals surface area contributed by atoms with Crippen LogP contribution in [0.25, 0.3) is 0 Å². The van der Waals surface area contributed by atoms with Gasteiger partial charge in [-0.25, -0.2) is 0 Å². The monoisotopic (exact) mass is 300 g/mol. The van der Waals surface area contributed by atoms with Crippen molar-refractivity contribution in [1.82, 2.24) is 0 Å². The molecule has 0 aromatic carbocycles. The molecular formula is C17H32O2S. The van der Waals surface area contributed by atoms with Crippen molar-refractivity contribution in [3.8, 4) is 0 Å². The molecule has 118 valence electrons. The highest BCUT2D eigenvalue weighted by Gasteiger charge is 2.40. The molecule has 0 bridgehead atoms. The van der Waals surface area contributed by atoms with Crippen LogP contribution in [0.5, 0.6) is 0 Å². The summed E-state index contributed by atoms with van der Waals surface area (Å²) in [6.45, 7) is 9.16. The van der Waals surface area contributed by atoms with Gasteiger partial charge in [-0.05, 0) is 42.8 Å². The molecule has 0 saturated heterocycles. The van der Waals surface area contributed by atoms with Crippen molar-refractivity contribution in [1.29, 1.82) is 0 Å². The maximum atomic E-state index is 11.5. The zero-order chi connectivity index (χ0) is 15.2. The van der Waals surface area contributed by atoms with Gasteiger partial charge in [-0.1, -0.05) is 47.0 Å². The van der Waals surface area contributed by atoms with E-state index in [9.17, 15) is 9.90 Å². The number of carboxylic acid groups (broad SMARTS) is 1. The molecule has 0 aromatic rings. The van der Waals surface area contributed by atoms with Crippen LogP contribution in [0.15, 0.2) is 0 Å². The molecule has 2 nitrogen and oxygen atoms in total. The fraction of sp³-hybridized carbons (Fsp3) is 0.941. The zero-order valence-corrected chi connectivity index (χ0v) is 14.5. The second-order valence-corrected chi connectivity index (χ2v) is 8.26. The van der Waals surface area contributed by atoms with Gasteiger partial charge >= 0.3 is 5.97 Å². The molecule has 1 aliphatic carbocycles. The van der Waals surface area contributed by atoms with Crippen LogP contribution in [0.2, 0.25) is 0 Å². The molecular weight excluding hydrogens is 268 g/mol. The van der Waals surface area contributed by atoms with E-state index < -0.39 is 5.97 Å². The van der Waals surface area contributed by atoms with Crippen molar-refractivity contribution in [3.63, 3.8) is 0 Å². The molecule has 3 heteroatoms. The quantitative estimate of drug-likeness (QED) is 0.625. The second kappa shape index (κ2) is 8.31. The highest BCUT2D eigenvalue weighted by Crippen LogP contribution is 2.45. The Labute approximate surface area is 129 Å². The summed E-state index contributed by atoms with van der Waals surface area (Å²) >= 11 is 1.92. The van der Waals surface area contributed by atoms with E-state index in [1.54, 1.807) is 0 Å². The van der Waals surface area contributed by atoms with Gasteiger partial charge in [-0.2, -0.15) is 11.8 Å². The molecule has 1 fully saturated rings. The number of hydrogen-bond donors (Lipinski definition) is 1. The normalized spacial score (nSPS) is 27.5. The van der Waals surface area contributed by atoms with Gasteiger partial charge in [0.05, 0.1) is 5.92 Å². The van der Waals surface area contributed by atoms with E-state index in [-0.39, 0.29) is 5.92 Å². The SMILES string of the molecule is CCCCCSC1CC(C(C)(C)CC)CCC1C(=O)O. The Morgan fingerprint density at radius 2 is 1.95 bits per heavy atom. The zero-order valence-electron chi connectivity index (χ0n) is 13.7. The summed E-state index contributed by atoms with van der Waals surface area (Å²) in [5.74, 6) is 1.12. The summed E-state index contributed by atoms with van der Waals surface area (Å²) in [5, 5.41) is 9.77. The minimum absolute atomic E-state index is 0.120. The summed E-state index contributed by atoms with van der Waals surface area (Å²) in [5.41, 5.74) is 0.353. The van der Waals surface area contributed by atoms with Crippen molar-refractivity contribution < 1.29 is 9.90 Å². The summed E-state index contributed by atoms with van der Waals surface area (Å²) in [4.78, 5) is 11.5. The Hall–Kier alpha value is -0.180. The average molecular weight is 301 g/mol. The average Bonchev–Trinajstić information content (AvgIpc) is 2.43. The van der Waals surface area contributed by atoms with Gasteiger partial charge in [0.15, 0.2) is 0 Å². The van der Waals surface area contributed by atoms with Gasteiger partial charge in [0.25, 0.3) is 0 Å². The van der Waals surface area contributed by atoms with E-state index in [4.69, 9.17) is 0 Å². The molecule has 0 radical (unpaired) electrons. The maximum Gasteiger partial charge on any atom is 0.307 e. The second-order valence-electron chi connectivity index (χ2n) is 6.91. The van der Waals surface area contributed by atoms with Crippen LogP contribution < -0.4 is 0 Å². The van der Waals surface area contributed by atoms with E-state index in [0.717, 1.165) is 25.0 Å². The van der Waals surface area contributed by atoms with E-state index in [2.05, 4.69) is 27.7 Å². The third-order valence-corrected chi connectivity index (χ3v) is 6.68. The lowest BCUT2D eigenvalue weighted by Gasteiger charge is -2.41. The molecule has 0 heterocycles. The Bertz CT molecular complexity index is 301. The van der Waals surface area contributed by atoms with Crippen LogP contribution >= 0.6 is 11.8 Å². The van der Waals surface area contributed by atoms with Crippen molar-refractivity contribution >= 4 is 17.7 Å². The fourth-order valence-corrected chi connectivity index (χ4v) is 4.71. The van der Waals surface area contributed by atoms with Gasteiger partial charge in [-0.3, -0.25) is 4.79 Å². The van der Waals surface area contributed by atoms with Gasteiger partial charge in [0, 0.05) is 5.25 Å². The predicted octanol–water partition coefficient (Wildman–Crippen LogP) is 5.22. The molecule has 1 saturated carbocycles. The lowest BCUT2D eigenvalue weighted by atomic mass is 9.67. The number of carbonyl (C=O) groups is 1. The van der Waals surface area contributed by atoms with Crippen molar-refractivity contribution in [2.45, 2.75) is 77.9 Å². The van der Waals surface area contributed by atoms with Gasteiger partial charge in [-0.15, -0.1) is 0 Å². The molecule has 1 rings (SSSR count). The topological polar surface area (TPSA) is 37.3 Å². The summed E-state index contributed by atoms with van der Waals surface area (Å²) in [7, 11) is 0. The minimum atomic E-state index is -0.578. The lowest BCUT2D eigenvalue weighted by molar-refractivity contribution is -0.143. The van der Waals surface area contributed by atoms with Crippen molar-refractivity contribution in [2.24, 2.45) is 17.3 Å². The number of rotatable bonds is 8. The van der Waals surface area contributed by atoms with Crippen LogP contribution in [0.1, 0.15) is 72.6 Å².